The third kappa shape index (κ3) is 4.28. The van der Waals surface area contributed by atoms with Gasteiger partial charge >= 0.3 is 5.97 Å². The van der Waals surface area contributed by atoms with Crippen LogP contribution in [0.15, 0.2) is 59.7 Å². The molecule has 0 spiro atoms. The average Bonchev–Trinajstić information content (AvgIpc) is 2.72. The average molecular weight is 410 g/mol. The third-order valence-corrected chi connectivity index (χ3v) is 4.64. The number of halogens is 1. The molecule has 0 fully saturated rings. The minimum Gasteiger partial charge on any atom is -0.495 e. The first-order chi connectivity index (χ1) is 13.9. The Bertz CT molecular complexity index is 1150. The Kier molecular flexibility index (Phi) is 5.96. The fourth-order valence-corrected chi connectivity index (χ4v) is 3.18. The molecular weight excluding hydrogens is 394 g/mol. The molecule has 0 amide bonds. The van der Waals surface area contributed by atoms with Crippen LogP contribution in [0.1, 0.15) is 17.3 Å². The molecule has 2 aromatic heterocycles. The zero-order valence-electron chi connectivity index (χ0n) is 15.4. The number of ether oxygens (including phenoxy) is 1. The van der Waals surface area contributed by atoms with Crippen molar-refractivity contribution >= 4 is 17.6 Å². The molecule has 1 aromatic carbocycles. The molecule has 0 bridgehead atoms. The van der Waals surface area contributed by atoms with Gasteiger partial charge in [-0.15, -0.1) is 0 Å². The molecule has 8 heteroatoms. The fourth-order valence-electron chi connectivity index (χ4n) is 3.00. The molecule has 29 heavy (non-hydrogen) atoms. The molecule has 3 rings (SSSR count). The highest BCUT2D eigenvalue weighted by molar-refractivity contribution is 6.31. The van der Waals surface area contributed by atoms with Crippen LogP contribution >= 0.6 is 11.6 Å². The van der Waals surface area contributed by atoms with Crippen LogP contribution < -0.4 is 10.3 Å². The van der Waals surface area contributed by atoms with E-state index in [-0.39, 0.29) is 12.2 Å². The Morgan fingerprint density at radius 1 is 1.31 bits per heavy atom. The van der Waals surface area contributed by atoms with Crippen molar-refractivity contribution < 1.29 is 14.6 Å². The molecule has 0 aliphatic heterocycles. The van der Waals surface area contributed by atoms with Crippen molar-refractivity contribution in [3.63, 3.8) is 0 Å². The fraction of sp³-hybridized carbons (Fsp3) is 0.143. The van der Waals surface area contributed by atoms with Gasteiger partial charge in [-0.1, -0.05) is 17.7 Å². The number of carboxylic acids is 1. The Morgan fingerprint density at radius 3 is 2.72 bits per heavy atom. The minimum absolute atomic E-state index is 0.0270. The van der Waals surface area contributed by atoms with Crippen LogP contribution in [0.2, 0.25) is 5.02 Å². The molecule has 0 saturated heterocycles. The lowest BCUT2D eigenvalue weighted by molar-refractivity contribution is -0.141. The smallest absolute Gasteiger partial charge is 0.327 e. The second-order valence-corrected chi connectivity index (χ2v) is 6.62. The van der Waals surface area contributed by atoms with E-state index in [9.17, 15) is 20.0 Å². The largest absolute Gasteiger partial charge is 0.495 e. The maximum absolute atomic E-state index is 12.8. The maximum Gasteiger partial charge on any atom is 0.327 e. The molecule has 3 aromatic rings. The molecule has 7 nitrogen and oxygen atoms in total. The Morgan fingerprint density at radius 2 is 2.10 bits per heavy atom. The molecule has 1 unspecified atom stereocenters. The van der Waals surface area contributed by atoms with Crippen LogP contribution in [0.3, 0.4) is 0 Å². The number of carboxylic acid groups (broad SMARTS) is 1. The minimum atomic E-state index is -1.17. The van der Waals surface area contributed by atoms with E-state index in [1.54, 1.807) is 42.6 Å². The lowest BCUT2D eigenvalue weighted by Gasteiger charge is -2.18. The van der Waals surface area contributed by atoms with Gasteiger partial charge in [-0.05, 0) is 30.3 Å². The summed E-state index contributed by atoms with van der Waals surface area (Å²) in [6.07, 6.45) is 2.92. The first-order valence-electron chi connectivity index (χ1n) is 8.57. The number of hydrogen-bond acceptors (Lipinski definition) is 5. The van der Waals surface area contributed by atoms with Crippen LogP contribution in [-0.2, 0) is 11.2 Å². The van der Waals surface area contributed by atoms with Gasteiger partial charge in [-0.2, -0.15) is 5.26 Å². The van der Waals surface area contributed by atoms with Crippen molar-refractivity contribution in [1.82, 2.24) is 9.55 Å². The molecule has 0 saturated carbocycles. The second kappa shape index (κ2) is 8.59. The zero-order chi connectivity index (χ0) is 21.0. The summed E-state index contributed by atoms with van der Waals surface area (Å²) in [6, 6.07) is 12.0. The van der Waals surface area contributed by atoms with E-state index >= 15 is 0 Å². The monoisotopic (exact) mass is 409 g/mol. The van der Waals surface area contributed by atoms with Crippen molar-refractivity contribution in [2.45, 2.75) is 12.5 Å². The lowest BCUT2D eigenvalue weighted by Crippen LogP contribution is -2.31. The van der Waals surface area contributed by atoms with Crippen molar-refractivity contribution in [3.8, 4) is 22.9 Å². The number of rotatable bonds is 6. The van der Waals surface area contributed by atoms with Crippen molar-refractivity contribution in [1.29, 1.82) is 5.26 Å². The number of hydrogen-bond donors (Lipinski definition) is 1. The molecule has 1 atom stereocenters. The number of nitrogens with zero attached hydrogens (tertiary/aromatic N) is 3. The Labute approximate surface area is 171 Å². The molecule has 146 valence electrons. The van der Waals surface area contributed by atoms with Gasteiger partial charge in [-0.3, -0.25) is 14.3 Å². The Balaban J connectivity index is 2.13. The summed E-state index contributed by atoms with van der Waals surface area (Å²) in [5.41, 5.74) is 1.09. The summed E-state index contributed by atoms with van der Waals surface area (Å²) in [7, 11) is 1.40. The van der Waals surface area contributed by atoms with Gasteiger partial charge in [0.25, 0.3) is 5.56 Å². The summed E-state index contributed by atoms with van der Waals surface area (Å²) in [4.78, 5) is 28.8. The highest BCUT2D eigenvalue weighted by atomic mass is 35.5. The predicted octanol–water partition coefficient (Wildman–Crippen LogP) is 3.31. The van der Waals surface area contributed by atoms with Crippen molar-refractivity contribution in [2.75, 3.05) is 7.11 Å². The lowest BCUT2D eigenvalue weighted by atomic mass is 10.00. The number of carbonyl (C=O) groups is 1. The van der Waals surface area contributed by atoms with E-state index in [4.69, 9.17) is 16.3 Å². The first kappa shape index (κ1) is 20.1. The van der Waals surface area contributed by atoms with E-state index in [1.807, 2.05) is 0 Å². The van der Waals surface area contributed by atoms with Crippen LogP contribution in [0.25, 0.3) is 11.1 Å². The van der Waals surface area contributed by atoms with Crippen molar-refractivity contribution in [2.24, 2.45) is 0 Å². The standard InChI is InChI=1S/C21H16ClN3O4/c1-29-19-12-25(18(21(27)28)9-15-4-2-3-7-24-15)20(26)10-17(19)16-8-14(22)6-5-13(16)11-23/h2-8,10,12,18H,9H2,1H3,(H,27,28). The number of aliphatic carboxylic acids is 1. The Hall–Kier alpha value is -3.63. The number of aromatic nitrogens is 2. The van der Waals surface area contributed by atoms with E-state index in [2.05, 4.69) is 11.1 Å². The van der Waals surface area contributed by atoms with E-state index in [0.29, 0.717) is 27.4 Å². The van der Waals surface area contributed by atoms with E-state index in [0.717, 1.165) is 4.57 Å². The summed E-state index contributed by atoms with van der Waals surface area (Å²) in [5, 5.41) is 19.5. The summed E-state index contributed by atoms with van der Waals surface area (Å²) in [6.45, 7) is 0. The maximum atomic E-state index is 12.8. The molecule has 1 N–H and O–H groups in total. The van der Waals surface area contributed by atoms with Crippen LogP contribution in [0, 0.1) is 11.3 Å². The van der Waals surface area contributed by atoms with Crippen molar-refractivity contribution in [3.05, 3.63) is 81.5 Å². The quantitative estimate of drug-likeness (QED) is 0.669. The highest BCUT2D eigenvalue weighted by Crippen LogP contribution is 2.33. The predicted molar refractivity (Wildman–Crippen MR) is 107 cm³/mol. The van der Waals surface area contributed by atoms with Gasteiger partial charge in [0, 0.05) is 40.5 Å². The topological polar surface area (TPSA) is 105 Å². The molecule has 2 heterocycles. The van der Waals surface area contributed by atoms with E-state index in [1.165, 1.54) is 19.4 Å². The third-order valence-electron chi connectivity index (χ3n) is 4.41. The van der Waals surface area contributed by atoms with Gasteiger partial charge < -0.3 is 9.84 Å². The number of pyridine rings is 2. The molecular formula is C21H16ClN3O4. The number of benzene rings is 1. The second-order valence-electron chi connectivity index (χ2n) is 6.18. The molecule has 0 aliphatic carbocycles. The van der Waals surface area contributed by atoms with Gasteiger partial charge in [0.2, 0.25) is 0 Å². The van der Waals surface area contributed by atoms with Crippen LogP contribution in [-0.4, -0.2) is 27.7 Å². The van der Waals surface area contributed by atoms with Gasteiger partial charge in [0.15, 0.2) is 0 Å². The molecule has 0 aliphatic rings. The normalized spacial score (nSPS) is 11.5. The SMILES string of the molecule is COc1cn(C(Cc2ccccn2)C(=O)O)c(=O)cc1-c1cc(Cl)ccc1C#N. The molecule has 0 radical (unpaired) electrons. The van der Waals surface area contributed by atoms with Gasteiger partial charge in [-0.25, -0.2) is 4.79 Å². The summed E-state index contributed by atoms with van der Waals surface area (Å²) in [5.74, 6) is -0.927. The van der Waals surface area contributed by atoms with Gasteiger partial charge in [0.05, 0.1) is 24.9 Å². The first-order valence-corrected chi connectivity index (χ1v) is 8.95. The van der Waals surface area contributed by atoms with E-state index < -0.39 is 17.6 Å². The summed E-state index contributed by atoms with van der Waals surface area (Å²) >= 11 is 6.05. The summed E-state index contributed by atoms with van der Waals surface area (Å²) < 4.78 is 6.49. The number of methoxy groups -OCH3 is 1. The van der Waals surface area contributed by atoms with Gasteiger partial charge in [0.1, 0.15) is 11.8 Å². The highest BCUT2D eigenvalue weighted by Gasteiger charge is 2.24. The van der Waals surface area contributed by atoms with Crippen LogP contribution in [0.4, 0.5) is 0 Å². The number of nitriles is 1. The van der Waals surface area contributed by atoms with Crippen LogP contribution in [0.5, 0.6) is 5.75 Å². The zero-order valence-corrected chi connectivity index (χ0v) is 16.1.